The van der Waals surface area contributed by atoms with Gasteiger partial charge in [0.1, 0.15) is 11.6 Å². The van der Waals surface area contributed by atoms with Crippen LogP contribution < -0.4 is 20.7 Å². The number of urea groups is 1. The third-order valence-electron chi connectivity index (χ3n) is 3.46. The molecule has 0 radical (unpaired) electrons. The number of carbonyl (C=O) groups is 2. The predicted molar refractivity (Wildman–Crippen MR) is 87.7 cm³/mol. The van der Waals surface area contributed by atoms with Gasteiger partial charge in [0.2, 0.25) is 0 Å². The fourth-order valence-corrected chi connectivity index (χ4v) is 2.34. The molecule has 0 saturated carbocycles. The first-order valence-electron chi connectivity index (χ1n) is 7.46. The molecule has 0 unspecified atom stereocenters. The van der Waals surface area contributed by atoms with Gasteiger partial charge < -0.3 is 20.7 Å². The summed E-state index contributed by atoms with van der Waals surface area (Å²) in [7, 11) is 0. The van der Waals surface area contributed by atoms with Crippen molar-refractivity contribution in [2.24, 2.45) is 0 Å². The van der Waals surface area contributed by atoms with E-state index in [1.807, 2.05) is 0 Å². The monoisotopic (exact) mass is 329 g/mol. The molecule has 0 bridgehead atoms. The highest BCUT2D eigenvalue weighted by Gasteiger charge is 2.16. The van der Waals surface area contributed by atoms with Gasteiger partial charge in [-0.05, 0) is 36.2 Å². The lowest BCUT2D eigenvalue weighted by molar-refractivity contribution is -0.118. The zero-order chi connectivity index (χ0) is 16.9. The van der Waals surface area contributed by atoms with E-state index in [4.69, 9.17) is 4.74 Å². The van der Waals surface area contributed by atoms with E-state index in [-0.39, 0.29) is 24.4 Å². The molecule has 7 heteroatoms. The molecular formula is C17H16FN3O3. The Bertz CT molecular complexity index is 779. The second-order valence-electron chi connectivity index (χ2n) is 5.31. The van der Waals surface area contributed by atoms with Crippen molar-refractivity contribution in [2.45, 2.75) is 6.42 Å². The van der Waals surface area contributed by atoms with E-state index in [0.29, 0.717) is 30.1 Å². The molecule has 24 heavy (non-hydrogen) atoms. The first-order valence-corrected chi connectivity index (χ1v) is 7.46. The smallest absolute Gasteiger partial charge is 0.319 e. The molecule has 0 fully saturated rings. The second-order valence-corrected chi connectivity index (χ2v) is 5.31. The summed E-state index contributed by atoms with van der Waals surface area (Å²) in [5.74, 6) is 0.00330. The molecule has 0 aromatic heterocycles. The molecule has 124 valence electrons. The predicted octanol–water partition coefficient (Wildman–Crippen LogP) is 2.52. The maximum absolute atomic E-state index is 13.1. The van der Waals surface area contributed by atoms with Crippen LogP contribution in [-0.4, -0.2) is 25.1 Å². The number of carbonyl (C=O) groups excluding carboxylic acids is 2. The van der Waals surface area contributed by atoms with Crippen LogP contribution in [0.15, 0.2) is 42.5 Å². The number of rotatable bonds is 4. The second kappa shape index (κ2) is 6.99. The number of hydrogen-bond acceptors (Lipinski definition) is 3. The van der Waals surface area contributed by atoms with Crippen molar-refractivity contribution in [3.05, 3.63) is 53.8 Å². The number of ether oxygens (including phenoxy) is 1. The summed E-state index contributed by atoms with van der Waals surface area (Å²) in [6, 6.07) is 10.9. The van der Waals surface area contributed by atoms with Gasteiger partial charge in [-0.25, -0.2) is 9.18 Å². The van der Waals surface area contributed by atoms with Crippen molar-refractivity contribution in [3.8, 4) is 5.75 Å². The fraction of sp³-hybridized carbons (Fsp3) is 0.176. The van der Waals surface area contributed by atoms with Gasteiger partial charge in [0.25, 0.3) is 5.91 Å². The molecule has 6 nitrogen and oxygen atoms in total. The first-order chi connectivity index (χ1) is 11.6. The van der Waals surface area contributed by atoms with E-state index < -0.39 is 0 Å². The van der Waals surface area contributed by atoms with Crippen molar-refractivity contribution in [1.82, 2.24) is 5.32 Å². The van der Waals surface area contributed by atoms with Gasteiger partial charge in [-0.3, -0.25) is 4.79 Å². The van der Waals surface area contributed by atoms with E-state index in [1.165, 1.54) is 12.1 Å². The van der Waals surface area contributed by atoms with Gasteiger partial charge >= 0.3 is 6.03 Å². The van der Waals surface area contributed by atoms with Crippen LogP contribution in [0.1, 0.15) is 5.56 Å². The normalized spacial score (nSPS) is 12.6. The Hall–Kier alpha value is -3.09. The highest BCUT2D eigenvalue weighted by Crippen LogP contribution is 2.30. The Morgan fingerprint density at radius 2 is 2.12 bits per heavy atom. The Labute approximate surface area is 138 Å². The van der Waals surface area contributed by atoms with E-state index >= 15 is 0 Å². The highest BCUT2D eigenvalue weighted by molar-refractivity contribution is 5.96. The molecule has 2 aromatic carbocycles. The number of halogens is 1. The third kappa shape index (κ3) is 4.01. The summed E-state index contributed by atoms with van der Waals surface area (Å²) in [4.78, 5) is 23.1. The number of nitrogens with one attached hydrogen (secondary N) is 3. The molecule has 3 rings (SSSR count). The van der Waals surface area contributed by atoms with Gasteiger partial charge in [0.05, 0.1) is 5.69 Å². The molecule has 0 atom stereocenters. The lowest BCUT2D eigenvalue weighted by Gasteiger charge is -2.18. The van der Waals surface area contributed by atoms with Gasteiger partial charge in [-0.15, -0.1) is 0 Å². The van der Waals surface area contributed by atoms with Crippen LogP contribution in [0, 0.1) is 5.82 Å². The summed E-state index contributed by atoms with van der Waals surface area (Å²) >= 11 is 0. The molecule has 0 spiro atoms. The van der Waals surface area contributed by atoms with E-state index in [1.54, 1.807) is 30.3 Å². The minimum atomic E-state index is -0.369. The molecule has 3 N–H and O–H groups in total. The van der Waals surface area contributed by atoms with Gasteiger partial charge in [-0.2, -0.15) is 0 Å². The molecule has 1 aliphatic rings. The Morgan fingerprint density at radius 1 is 1.25 bits per heavy atom. The zero-order valence-corrected chi connectivity index (χ0v) is 12.8. The van der Waals surface area contributed by atoms with Crippen LogP contribution in [0.4, 0.5) is 20.6 Å². The van der Waals surface area contributed by atoms with Crippen molar-refractivity contribution >= 4 is 23.3 Å². The molecule has 0 saturated heterocycles. The summed E-state index contributed by atoms with van der Waals surface area (Å²) < 4.78 is 18.4. The van der Waals surface area contributed by atoms with Crippen LogP contribution in [0.3, 0.4) is 0 Å². The number of benzene rings is 2. The summed E-state index contributed by atoms with van der Waals surface area (Å²) in [6.45, 7) is 0.336. The van der Waals surface area contributed by atoms with Crippen LogP contribution in [-0.2, 0) is 11.2 Å². The molecule has 0 aliphatic carbocycles. The lowest BCUT2D eigenvalue weighted by Crippen LogP contribution is -2.30. The van der Waals surface area contributed by atoms with Crippen molar-refractivity contribution < 1.29 is 18.7 Å². The Morgan fingerprint density at radius 3 is 2.96 bits per heavy atom. The topological polar surface area (TPSA) is 79.5 Å². The molecular weight excluding hydrogens is 313 g/mol. The van der Waals surface area contributed by atoms with Gasteiger partial charge in [0.15, 0.2) is 6.61 Å². The molecule has 2 aromatic rings. The minimum absolute atomic E-state index is 0.0454. The Kier molecular flexibility index (Phi) is 4.60. The fourth-order valence-electron chi connectivity index (χ4n) is 2.34. The van der Waals surface area contributed by atoms with Crippen LogP contribution in [0.25, 0.3) is 0 Å². The van der Waals surface area contributed by atoms with E-state index in [2.05, 4.69) is 16.0 Å². The molecule has 1 heterocycles. The van der Waals surface area contributed by atoms with Gasteiger partial charge in [0, 0.05) is 18.3 Å². The standard InChI is InChI=1S/C17H16FN3O3/c18-12-3-1-2-11(8-12)6-7-19-17(23)20-13-4-5-14-15(9-13)24-10-16(22)21-14/h1-5,8-9H,6-7,10H2,(H,21,22)(H2,19,20,23). The van der Waals surface area contributed by atoms with Crippen LogP contribution >= 0.6 is 0 Å². The third-order valence-corrected chi connectivity index (χ3v) is 3.46. The summed E-state index contributed by atoms with van der Waals surface area (Å²) in [5.41, 5.74) is 1.93. The van der Waals surface area contributed by atoms with Crippen molar-refractivity contribution in [1.29, 1.82) is 0 Å². The zero-order valence-electron chi connectivity index (χ0n) is 12.8. The van der Waals surface area contributed by atoms with Crippen LogP contribution in [0.2, 0.25) is 0 Å². The molecule has 3 amide bonds. The average Bonchev–Trinajstić information content (AvgIpc) is 2.55. The highest BCUT2D eigenvalue weighted by atomic mass is 19.1. The largest absolute Gasteiger partial charge is 0.482 e. The van der Waals surface area contributed by atoms with Gasteiger partial charge in [-0.1, -0.05) is 12.1 Å². The van der Waals surface area contributed by atoms with E-state index in [9.17, 15) is 14.0 Å². The summed E-state index contributed by atoms with van der Waals surface area (Å²) in [5, 5.41) is 8.06. The summed E-state index contributed by atoms with van der Waals surface area (Å²) in [6.07, 6.45) is 0.532. The quantitative estimate of drug-likeness (QED) is 0.806. The SMILES string of the molecule is O=C1COc2cc(NC(=O)NCCc3cccc(F)c3)ccc2N1. The average molecular weight is 329 g/mol. The van der Waals surface area contributed by atoms with Crippen LogP contribution in [0.5, 0.6) is 5.75 Å². The Balaban J connectivity index is 1.51. The lowest BCUT2D eigenvalue weighted by atomic mass is 10.1. The maximum atomic E-state index is 13.1. The van der Waals surface area contributed by atoms with E-state index in [0.717, 1.165) is 5.56 Å². The maximum Gasteiger partial charge on any atom is 0.319 e. The number of anilines is 2. The minimum Gasteiger partial charge on any atom is -0.482 e. The number of amides is 3. The first kappa shape index (κ1) is 15.8. The molecule has 1 aliphatic heterocycles. The number of fused-ring (bicyclic) bond motifs is 1. The number of hydrogen-bond donors (Lipinski definition) is 3. The van der Waals surface area contributed by atoms with Crippen molar-refractivity contribution in [2.75, 3.05) is 23.8 Å². The van der Waals surface area contributed by atoms with Crippen molar-refractivity contribution in [3.63, 3.8) is 0 Å².